The molecule has 1 saturated heterocycles. The lowest BCUT2D eigenvalue weighted by atomic mass is 10.0. The summed E-state index contributed by atoms with van der Waals surface area (Å²) in [6.07, 6.45) is 0. The molecule has 33 heavy (non-hydrogen) atoms. The van der Waals surface area contributed by atoms with Crippen LogP contribution in [0.25, 0.3) is 0 Å². The van der Waals surface area contributed by atoms with E-state index >= 15 is 0 Å². The molecule has 1 aliphatic heterocycles. The van der Waals surface area contributed by atoms with Crippen molar-refractivity contribution in [2.24, 2.45) is 0 Å². The fraction of sp³-hybridized carbons (Fsp3) is 0.200. The Morgan fingerprint density at radius 2 is 1.39 bits per heavy atom. The van der Waals surface area contributed by atoms with Gasteiger partial charge in [0, 0.05) is 37.8 Å². The molecule has 0 aliphatic carbocycles. The summed E-state index contributed by atoms with van der Waals surface area (Å²) in [5.74, 6) is -0.524. The zero-order valence-electron chi connectivity index (χ0n) is 18.0. The number of hydrogen-bond donors (Lipinski definition) is 1. The number of nitrogens with zero attached hydrogens (tertiary/aromatic N) is 3. The summed E-state index contributed by atoms with van der Waals surface area (Å²) >= 11 is 0. The summed E-state index contributed by atoms with van der Waals surface area (Å²) in [4.78, 5) is 40.9. The van der Waals surface area contributed by atoms with Crippen LogP contribution in [0.4, 0.5) is 11.4 Å². The lowest BCUT2D eigenvalue weighted by Crippen LogP contribution is -2.52. The molecule has 1 heterocycles. The lowest BCUT2D eigenvalue weighted by Gasteiger charge is -2.37. The second kappa shape index (κ2) is 9.95. The van der Waals surface area contributed by atoms with Crippen molar-refractivity contribution in [1.82, 2.24) is 10.2 Å². The van der Waals surface area contributed by atoms with E-state index in [1.54, 1.807) is 47.4 Å². The largest absolute Gasteiger partial charge is 0.362 e. The van der Waals surface area contributed by atoms with Gasteiger partial charge in [0.25, 0.3) is 11.6 Å². The minimum absolute atomic E-state index is 0.0505. The molecule has 168 valence electrons. The topological polar surface area (TPSA) is 95.8 Å². The first-order chi connectivity index (χ1) is 16.0. The van der Waals surface area contributed by atoms with Gasteiger partial charge >= 0.3 is 0 Å². The van der Waals surface area contributed by atoms with E-state index in [2.05, 4.69) is 5.32 Å². The number of carbonyl (C=O) groups excluding carboxylic acids is 2. The van der Waals surface area contributed by atoms with Gasteiger partial charge < -0.3 is 15.1 Å². The molecule has 4 rings (SSSR count). The van der Waals surface area contributed by atoms with Crippen LogP contribution in [0.15, 0.2) is 84.9 Å². The number of piperazine rings is 1. The predicted octanol–water partition coefficient (Wildman–Crippen LogP) is 3.41. The maximum Gasteiger partial charge on any atom is 0.292 e. The SMILES string of the molecule is O=C(NC(C(=O)N1CCN(c2ccccc2[N+](=O)[O-])CC1)c1ccccc1)c1ccccc1. The molecule has 1 N–H and O–H groups in total. The summed E-state index contributed by atoms with van der Waals surface area (Å²) in [6.45, 7) is 1.72. The van der Waals surface area contributed by atoms with Crippen LogP contribution in [0, 0.1) is 10.1 Å². The summed E-state index contributed by atoms with van der Waals surface area (Å²) in [5.41, 5.74) is 1.78. The van der Waals surface area contributed by atoms with Crippen LogP contribution in [-0.2, 0) is 4.79 Å². The number of para-hydroxylation sites is 2. The minimum Gasteiger partial charge on any atom is -0.362 e. The highest BCUT2D eigenvalue weighted by Crippen LogP contribution is 2.29. The Labute approximate surface area is 191 Å². The van der Waals surface area contributed by atoms with E-state index in [-0.39, 0.29) is 17.5 Å². The van der Waals surface area contributed by atoms with Gasteiger partial charge in [0.05, 0.1) is 4.92 Å². The van der Waals surface area contributed by atoms with Gasteiger partial charge in [-0.05, 0) is 23.8 Å². The summed E-state index contributed by atoms with van der Waals surface area (Å²) in [5, 5.41) is 14.3. The zero-order chi connectivity index (χ0) is 23.2. The van der Waals surface area contributed by atoms with Crippen LogP contribution in [0.2, 0.25) is 0 Å². The van der Waals surface area contributed by atoms with Crippen molar-refractivity contribution in [3.05, 3.63) is 106 Å². The van der Waals surface area contributed by atoms with Gasteiger partial charge in [-0.3, -0.25) is 19.7 Å². The Balaban J connectivity index is 1.50. The van der Waals surface area contributed by atoms with Crippen molar-refractivity contribution in [2.45, 2.75) is 6.04 Å². The number of benzene rings is 3. The molecule has 1 atom stereocenters. The molecule has 3 aromatic carbocycles. The Kier molecular flexibility index (Phi) is 6.64. The monoisotopic (exact) mass is 444 g/mol. The highest BCUT2D eigenvalue weighted by Gasteiger charge is 2.31. The van der Waals surface area contributed by atoms with Crippen molar-refractivity contribution in [1.29, 1.82) is 0 Å². The third-order valence-corrected chi connectivity index (χ3v) is 5.70. The van der Waals surface area contributed by atoms with E-state index < -0.39 is 11.0 Å². The fourth-order valence-corrected chi connectivity index (χ4v) is 3.97. The van der Waals surface area contributed by atoms with Gasteiger partial charge in [0.15, 0.2) is 0 Å². The van der Waals surface area contributed by atoms with Gasteiger partial charge in [-0.2, -0.15) is 0 Å². The van der Waals surface area contributed by atoms with E-state index in [1.807, 2.05) is 41.3 Å². The van der Waals surface area contributed by atoms with Gasteiger partial charge in [0.2, 0.25) is 5.91 Å². The number of nitro groups is 1. The maximum atomic E-state index is 13.5. The molecule has 1 fully saturated rings. The molecule has 8 heteroatoms. The van der Waals surface area contributed by atoms with Gasteiger partial charge in [-0.1, -0.05) is 60.7 Å². The maximum absolute atomic E-state index is 13.5. The smallest absolute Gasteiger partial charge is 0.292 e. The van der Waals surface area contributed by atoms with Gasteiger partial charge in [-0.15, -0.1) is 0 Å². The molecule has 0 bridgehead atoms. The van der Waals surface area contributed by atoms with E-state index in [0.717, 1.165) is 0 Å². The van der Waals surface area contributed by atoms with Crippen molar-refractivity contribution < 1.29 is 14.5 Å². The molecule has 0 aromatic heterocycles. The molecule has 2 amide bonds. The van der Waals surface area contributed by atoms with Crippen LogP contribution in [0.3, 0.4) is 0 Å². The highest BCUT2D eigenvalue weighted by molar-refractivity contribution is 5.97. The van der Waals surface area contributed by atoms with Crippen molar-refractivity contribution >= 4 is 23.2 Å². The second-order valence-electron chi connectivity index (χ2n) is 7.74. The Hall–Kier alpha value is -4.20. The number of rotatable bonds is 6. The quantitative estimate of drug-likeness (QED) is 0.464. The van der Waals surface area contributed by atoms with Crippen molar-refractivity contribution in [2.75, 3.05) is 31.1 Å². The average Bonchev–Trinajstić information content (AvgIpc) is 2.88. The molecular weight excluding hydrogens is 420 g/mol. The Bertz CT molecular complexity index is 1130. The average molecular weight is 444 g/mol. The summed E-state index contributed by atoms with van der Waals surface area (Å²) < 4.78 is 0. The lowest BCUT2D eigenvalue weighted by molar-refractivity contribution is -0.384. The number of carbonyl (C=O) groups is 2. The normalized spacial score (nSPS) is 14.4. The Morgan fingerprint density at radius 1 is 0.818 bits per heavy atom. The standard InChI is InChI=1S/C25H24N4O4/c30-24(20-11-5-2-6-12-20)26-23(19-9-3-1-4-10-19)25(31)28-17-15-27(16-18-28)21-13-7-8-14-22(21)29(32)33/h1-14,23H,15-18H2,(H,26,30). The minimum atomic E-state index is -0.823. The predicted molar refractivity (Wildman–Crippen MR) is 125 cm³/mol. The van der Waals surface area contributed by atoms with E-state index in [4.69, 9.17) is 0 Å². The number of nitrogens with one attached hydrogen (secondary N) is 1. The van der Waals surface area contributed by atoms with E-state index in [1.165, 1.54) is 6.07 Å². The third-order valence-electron chi connectivity index (χ3n) is 5.70. The van der Waals surface area contributed by atoms with Gasteiger partial charge in [0.1, 0.15) is 11.7 Å². The first-order valence-corrected chi connectivity index (χ1v) is 10.7. The van der Waals surface area contributed by atoms with Crippen LogP contribution in [-0.4, -0.2) is 47.8 Å². The van der Waals surface area contributed by atoms with E-state index in [0.29, 0.717) is 43.0 Å². The molecule has 3 aromatic rings. The fourth-order valence-electron chi connectivity index (χ4n) is 3.97. The number of hydrogen-bond acceptors (Lipinski definition) is 5. The molecule has 0 saturated carbocycles. The number of nitro benzene ring substituents is 1. The van der Waals surface area contributed by atoms with Crippen LogP contribution in [0.1, 0.15) is 22.0 Å². The first-order valence-electron chi connectivity index (χ1n) is 10.7. The first kappa shape index (κ1) is 22.0. The van der Waals surface area contributed by atoms with Crippen molar-refractivity contribution in [3.8, 4) is 0 Å². The van der Waals surface area contributed by atoms with Crippen molar-refractivity contribution in [3.63, 3.8) is 0 Å². The number of anilines is 1. The molecule has 1 aliphatic rings. The molecule has 0 radical (unpaired) electrons. The van der Waals surface area contributed by atoms with Crippen LogP contribution in [0.5, 0.6) is 0 Å². The second-order valence-corrected chi connectivity index (χ2v) is 7.74. The van der Waals surface area contributed by atoms with Crippen LogP contribution >= 0.6 is 0 Å². The third kappa shape index (κ3) is 5.01. The Morgan fingerprint density at radius 3 is 2.03 bits per heavy atom. The zero-order valence-corrected chi connectivity index (χ0v) is 18.0. The molecular formula is C25H24N4O4. The highest BCUT2D eigenvalue weighted by atomic mass is 16.6. The molecule has 1 unspecified atom stereocenters. The molecule has 8 nitrogen and oxygen atoms in total. The molecule has 0 spiro atoms. The number of amides is 2. The summed E-state index contributed by atoms with van der Waals surface area (Å²) in [6, 6.07) is 23.7. The van der Waals surface area contributed by atoms with Gasteiger partial charge in [-0.25, -0.2) is 0 Å². The van der Waals surface area contributed by atoms with E-state index in [9.17, 15) is 19.7 Å². The summed E-state index contributed by atoms with van der Waals surface area (Å²) in [7, 11) is 0. The van der Waals surface area contributed by atoms with Crippen LogP contribution < -0.4 is 10.2 Å².